The summed E-state index contributed by atoms with van der Waals surface area (Å²) in [5, 5.41) is 3.14. The number of nitrogens with one attached hydrogen (secondary N) is 1. The fourth-order valence-corrected chi connectivity index (χ4v) is 0.769. The zero-order valence-corrected chi connectivity index (χ0v) is 8.74. The number of unbranched alkanes of at least 4 members (excludes halogenated alkanes) is 1. The molecular formula is C10H21NO. The molecule has 0 saturated heterocycles. The Labute approximate surface area is 75.7 Å². The summed E-state index contributed by atoms with van der Waals surface area (Å²) in [6.07, 6.45) is 2.33. The molecule has 2 heteroatoms. The molecule has 0 aromatic carbocycles. The molecule has 1 N–H and O–H groups in total. The van der Waals surface area contributed by atoms with E-state index in [0.717, 1.165) is 13.0 Å². The lowest BCUT2D eigenvalue weighted by atomic mass is 9.91. The highest BCUT2D eigenvalue weighted by Crippen LogP contribution is 2.13. The van der Waals surface area contributed by atoms with E-state index >= 15 is 0 Å². The molecule has 0 aromatic rings. The van der Waals surface area contributed by atoms with Crippen molar-refractivity contribution >= 4 is 5.78 Å². The third-order valence-corrected chi connectivity index (χ3v) is 1.83. The second kappa shape index (κ2) is 5.31. The van der Waals surface area contributed by atoms with Crippen molar-refractivity contribution in [2.75, 3.05) is 13.1 Å². The van der Waals surface area contributed by atoms with Crippen LogP contribution >= 0.6 is 0 Å². The van der Waals surface area contributed by atoms with Gasteiger partial charge in [0.05, 0.1) is 6.54 Å². The van der Waals surface area contributed by atoms with Crippen LogP contribution in [0, 0.1) is 5.41 Å². The topological polar surface area (TPSA) is 29.1 Å². The van der Waals surface area contributed by atoms with Crippen molar-refractivity contribution in [1.82, 2.24) is 5.32 Å². The Morgan fingerprint density at radius 3 is 2.33 bits per heavy atom. The van der Waals surface area contributed by atoms with E-state index in [1.54, 1.807) is 0 Å². The van der Waals surface area contributed by atoms with E-state index in [-0.39, 0.29) is 5.41 Å². The van der Waals surface area contributed by atoms with Gasteiger partial charge in [0.25, 0.3) is 0 Å². The average molecular weight is 171 g/mol. The molecule has 0 aliphatic rings. The normalized spacial score (nSPS) is 11.7. The van der Waals surface area contributed by atoms with Gasteiger partial charge in [0, 0.05) is 5.41 Å². The number of Topliss-reactive ketones (excluding diaryl/α,β-unsaturated/α-hetero) is 1. The summed E-state index contributed by atoms with van der Waals surface area (Å²) >= 11 is 0. The van der Waals surface area contributed by atoms with E-state index in [9.17, 15) is 4.79 Å². The fraction of sp³-hybridized carbons (Fsp3) is 0.900. The van der Waals surface area contributed by atoms with Gasteiger partial charge >= 0.3 is 0 Å². The van der Waals surface area contributed by atoms with Crippen molar-refractivity contribution < 1.29 is 4.79 Å². The zero-order valence-electron chi connectivity index (χ0n) is 8.74. The second-order valence-electron chi connectivity index (χ2n) is 4.20. The fourth-order valence-electron chi connectivity index (χ4n) is 0.769. The number of carbonyl (C=O) groups excluding carboxylic acids is 1. The molecule has 0 spiro atoms. The summed E-state index contributed by atoms with van der Waals surface area (Å²) in [4.78, 5) is 11.4. The molecule has 0 radical (unpaired) electrons. The molecule has 0 aliphatic heterocycles. The molecule has 0 fully saturated rings. The van der Waals surface area contributed by atoms with Gasteiger partial charge in [-0.2, -0.15) is 0 Å². The first kappa shape index (κ1) is 11.6. The summed E-state index contributed by atoms with van der Waals surface area (Å²) in [6, 6.07) is 0. The van der Waals surface area contributed by atoms with Crippen LogP contribution < -0.4 is 5.32 Å². The highest BCUT2D eigenvalue weighted by atomic mass is 16.1. The Kier molecular flexibility index (Phi) is 5.14. The smallest absolute Gasteiger partial charge is 0.151 e. The van der Waals surface area contributed by atoms with Gasteiger partial charge in [0.2, 0.25) is 0 Å². The van der Waals surface area contributed by atoms with Crippen molar-refractivity contribution in [2.24, 2.45) is 5.41 Å². The van der Waals surface area contributed by atoms with Crippen LogP contribution in [0.5, 0.6) is 0 Å². The summed E-state index contributed by atoms with van der Waals surface area (Å²) < 4.78 is 0. The van der Waals surface area contributed by atoms with Crippen molar-refractivity contribution in [3.05, 3.63) is 0 Å². The predicted octanol–water partition coefficient (Wildman–Crippen LogP) is 1.99. The molecule has 0 aliphatic carbocycles. The third kappa shape index (κ3) is 5.30. The predicted molar refractivity (Wildman–Crippen MR) is 52.2 cm³/mol. The first-order chi connectivity index (χ1) is 5.48. The van der Waals surface area contributed by atoms with E-state index in [1.807, 2.05) is 20.8 Å². The van der Waals surface area contributed by atoms with Gasteiger partial charge in [-0.3, -0.25) is 4.79 Å². The SMILES string of the molecule is CCCCNCC(=O)C(C)(C)C. The zero-order chi connectivity index (χ0) is 9.61. The minimum atomic E-state index is -0.195. The van der Waals surface area contributed by atoms with Gasteiger partial charge in [-0.1, -0.05) is 34.1 Å². The molecule has 2 nitrogen and oxygen atoms in total. The van der Waals surface area contributed by atoms with E-state index in [4.69, 9.17) is 0 Å². The van der Waals surface area contributed by atoms with Crippen LogP contribution in [0.4, 0.5) is 0 Å². The Morgan fingerprint density at radius 2 is 1.92 bits per heavy atom. The van der Waals surface area contributed by atoms with Gasteiger partial charge in [0.1, 0.15) is 0 Å². The lowest BCUT2D eigenvalue weighted by molar-refractivity contribution is -0.125. The molecule has 0 rings (SSSR count). The molecule has 72 valence electrons. The lowest BCUT2D eigenvalue weighted by Gasteiger charge is -2.16. The number of hydrogen-bond acceptors (Lipinski definition) is 2. The van der Waals surface area contributed by atoms with Crippen LogP contribution in [0.3, 0.4) is 0 Å². The number of carbonyl (C=O) groups is 1. The minimum Gasteiger partial charge on any atom is -0.310 e. The van der Waals surface area contributed by atoms with Crippen molar-refractivity contribution in [3.8, 4) is 0 Å². The van der Waals surface area contributed by atoms with Crippen LogP contribution in [-0.2, 0) is 4.79 Å². The Morgan fingerprint density at radius 1 is 1.33 bits per heavy atom. The summed E-state index contributed by atoms with van der Waals surface area (Å²) in [5.74, 6) is 0.290. The molecule has 0 saturated carbocycles. The van der Waals surface area contributed by atoms with Crippen molar-refractivity contribution in [2.45, 2.75) is 40.5 Å². The summed E-state index contributed by atoms with van der Waals surface area (Å²) in [5.41, 5.74) is -0.195. The Balaban J connectivity index is 3.45. The lowest BCUT2D eigenvalue weighted by Crippen LogP contribution is -2.32. The maximum absolute atomic E-state index is 11.4. The third-order valence-electron chi connectivity index (χ3n) is 1.83. The standard InChI is InChI=1S/C10H21NO/c1-5-6-7-11-8-9(12)10(2,3)4/h11H,5-8H2,1-4H3. The summed E-state index contributed by atoms with van der Waals surface area (Å²) in [7, 11) is 0. The van der Waals surface area contributed by atoms with Gasteiger partial charge in [-0.15, -0.1) is 0 Å². The molecule has 0 amide bonds. The molecule has 0 heterocycles. The van der Waals surface area contributed by atoms with E-state index < -0.39 is 0 Å². The molecule has 0 aromatic heterocycles. The Hall–Kier alpha value is -0.370. The van der Waals surface area contributed by atoms with Gasteiger partial charge in [-0.05, 0) is 13.0 Å². The van der Waals surface area contributed by atoms with E-state index in [2.05, 4.69) is 12.2 Å². The van der Waals surface area contributed by atoms with Crippen LogP contribution in [0.15, 0.2) is 0 Å². The highest BCUT2D eigenvalue weighted by molar-refractivity contribution is 5.85. The molecule has 0 unspecified atom stereocenters. The molecule has 12 heavy (non-hydrogen) atoms. The first-order valence-corrected chi connectivity index (χ1v) is 4.72. The van der Waals surface area contributed by atoms with E-state index in [1.165, 1.54) is 6.42 Å². The van der Waals surface area contributed by atoms with Crippen molar-refractivity contribution in [3.63, 3.8) is 0 Å². The number of ketones is 1. The van der Waals surface area contributed by atoms with E-state index in [0.29, 0.717) is 12.3 Å². The van der Waals surface area contributed by atoms with Crippen molar-refractivity contribution in [1.29, 1.82) is 0 Å². The minimum absolute atomic E-state index is 0.195. The van der Waals surface area contributed by atoms with Crippen LogP contribution in [0.2, 0.25) is 0 Å². The second-order valence-corrected chi connectivity index (χ2v) is 4.20. The Bertz CT molecular complexity index is 135. The van der Waals surface area contributed by atoms with Crippen LogP contribution in [0.1, 0.15) is 40.5 Å². The van der Waals surface area contributed by atoms with Crippen LogP contribution in [0.25, 0.3) is 0 Å². The monoisotopic (exact) mass is 171 g/mol. The highest BCUT2D eigenvalue weighted by Gasteiger charge is 2.19. The largest absolute Gasteiger partial charge is 0.310 e. The molecule has 0 bridgehead atoms. The quantitative estimate of drug-likeness (QED) is 0.641. The number of rotatable bonds is 5. The maximum atomic E-state index is 11.4. The van der Waals surface area contributed by atoms with Crippen LogP contribution in [-0.4, -0.2) is 18.9 Å². The van der Waals surface area contributed by atoms with Gasteiger partial charge < -0.3 is 5.32 Å². The molecule has 0 atom stereocenters. The summed E-state index contributed by atoms with van der Waals surface area (Å²) in [6.45, 7) is 9.49. The maximum Gasteiger partial charge on any atom is 0.151 e. The average Bonchev–Trinajstić information content (AvgIpc) is 1.96. The molecular weight excluding hydrogens is 150 g/mol. The van der Waals surface area contributed by atoms with Gasteiger partial charge in [0.15, 0.2) is 5.78 Å². The number of hydrogen-bond donors (Lipinski definition) is 1. The van der Waals surface area contributed by atoms with Gasteiger partial charge in [-0.25, -0.2) is 0 Å². The first-order valence-electron chi connectivity index (χ1n) is 4.72.